The summed E-state index contributed by atoms with van der Waals surface area (Å²) >= 11 is 0. The number of hydrogen-bond donors (Lipinski definition) is 0. The molecule has 1 aromatic carbocycles. The molecule has 0 atom stereocenters. The van der Waals surface area contributed by atoms with Gasteiger partial charge in [-0.2, -0.15) is 22.0 Å². The molecule has 0 saturated carbocycles. The number of aryl methyl sites for hydroxylation is 1. The van der Waals surface area contributed by atoms with Crippen LogP contribution in [0.3, 0.4) is 0 Å². The molecule has 0 unspecified atom stereocenters. The lowest BCUT2D eigenvalue weighted by molar-refractivity contribution is -0.288. The highest BCUT2D eigenvalue weighted by atomic mass is 19.4. The molecule has 0 saturated heterocycles. The summed E-state index contributed by atoms with van der Waals surface area (Å²) in [5.74, 6) is -8.09. The first-order valence-corrected chi connectivity index (χ1v) is 10.0. The van der Waals surface area contributed by atoms with Crippen LogP contribution in [0.15, 0.2) is 27.4 Å². The van der Waals surface area contributed by atoms with Crippen LogP contribution in [0.1, 0.15) is 52.4 Å². The highest BCUT2D eigenvalue weighted by molar-refractivity contribution is 6.02. The van der Waals surface area contributed by atoms with Crippen molar-refractivity contribution in [1.82, 2.24) is 4.98 Å². The van der Waals surface area contributed by atoms with Crippen molar-refractivity contribution in [3.8, 4) is 0 Å². The Morgan fingerprint density at radius 1 is 1.03 bits per heavy atom. The fraction of sp³-hybridized carbons (Fsp3) is 0.364. The second-order valence-electron chi connectivity index (χ2n) is 7.19. The van der Waals surface area contributed by atoms with Crippen molar-refractivity contribution in [2.45, 2.75) is 38.8 Å². The molecule has 0 aliphatic rings. The van der Waals surface area contributed by atoms with Crippen molar-refractivity contribution in [2.24, 2.45) is 0 Å². The van der Waals surface area contributed by atoms with Gasteiger partial charge in [-0.1, -0.05) is 13.3 Å². The molecule has 3 rings (SSSR count). The Morgan fingerprint density at radius 3 is 2.26 bits per heavy atom. The minimum Gasteiger partial charge on any atom is -0.464 e. The third-order valence-electron chi connectivity index (χ3n) is 4.96. The number of esters is 2. The summed E-state index contributed by atoms with van der Waals surface area (Å²) in [5.41, 5.74) is -3.90. The molecule has 0 N–H and O–H groups in total. The van der Waals surface area contributed by atoms with Gasteiger partial charge in [-0.25, -0.2) is 14.6 Å². The van der Waals surface area contributed by atoms with Crippen LogP contribution in [0.4, 0.5) is 22.0 Å². The van der Waals surface area contributed by atoms with Gasteiger partial charge in [-0.3, -0.25) is 4.79 Å². The van der Waals surface area contributed by atoms with Crippen molar-refractivity contribution in [2.75, 3.05) is 13.7 Å². The monoisotopic (exact) mass is 487 g/mol. The summed E-state index contributed by atoms with van der Waals surface area (Å²) in [4.78, 5) is 40.8. The van der Waals surface area contributed by atoms with E-state index >= 15 is 0 Å². The third-order valence-corrected chi connectivity index (χ3v) is 4.96. The summed E-state index contributed by atoms with van der Waals surface area (Å²) in [7, 11) is 0.911. The van der Waals surface area contributed by atoms with Crippen LogP contribution in [0.25, 0.3) is 21.9 Å². The molecule has 7 nitrogen and oxygen atoms in total. The molecule has 182 valence electrons. The van der Waals surface area contributed by atoms with E-state index in [1.54, 1.807) is 6.92 Å². The van der Waals surface area contributed by atoms with Crippen molar-refractivity contribution in [3.63, 3.8) is 0 Å². The first-order chi connectivity index (χ1) is 15.9. The maximum atomic E-state index is 14.5. The number of alkyl halides is 5. The number of fused-ring (bicyclic) bond motifs is 2. The zero-order chi connectivity index (χ0) is 25.4. The first-order valence-electron chi connectivity index (χ1n) is 10.0. The normalized spacial score (nSPS) is 12.2. The Morgan fingerprint density at radius 2 is 1.71 bits per heavy atom. The van der Waals surface area contributed by atoms with Gasteiger partial charge in [0.2, 0.25) is 5.76 Å². The zero-order valence-electron chi connectivity index (χ0n) is 18.1. The molecule has 12 heteroatoms. The van der Waals surface area contributed by atoms with Gasteiger partial charge in [0.15, 0.2) is 5.43 Å². The Kier molecular flexibility index (Phi) is 6.63. The van der Waals surface area contributed by atoms with Gasteiger partial charge in [0.1, 0.15) is 11.3 Å². The van der Waals surface area contributed by atoms with E-state index in [0.717, 1.165) is 19.2 Å². The lowest BCUT2D eigenvalue weighted by Crippen LogP contribution is -2.34. The van der Waals surface area contributed by atoms with E-state index in [1.165, 1.54) is 6.92 Å². The Balaban J connectivity index is 2.56. The number of nitrogens with zero attached hydrogens (tertiary/aromatic N) is 1. The van der Waals surface area contributed by atoms with Crippen molar-refractivity contribution >= 4 is 33.8 Å². The molecular formula is C22H18F5NO6. The Labute approximate surface area is 188 Å². The lowest BCUT2D eigenvalue weighted by atomic mass is 9.95. The zero-order valence-corrected chi connectivity index (χ0v) is 18.1. The molecule has 0 aliphatic carbocycles. The number of pyridine rings is 1. The molecule has 0 amide bonds. The van der Waals surface area contributed by atoms with Crippen molar-refractivity contribution in [1.29, 1.82) is 0 Å². The number of rotatable bonds is 6. The van der Waals surface area contributed by atoms with Gasteiger partial charge in [-0.15, -0.1) is 0 Å². The SMILES string of the molecule is CCCc1c2nc(C(=O)OC)cc(C(F)(F)C(F)(F)F)c2cc2c(=O)cc(C(=O)OCC)oc12. The van der Waals surface area contributed by atoms with Gasteiger partial charge in [0.05, 0.1) is 24.6 Å². The van der Waals surface area contributed by atoms with Crippen LogP contribution in [-0.2, 0) is 21.8 Å². The third kappa shape index (κ3) is 4.19. The fourth-order valence-corrected chi connectivity index (χ4v) is 3.45. The molecule has 0 fully saturated rings. The van der Waals surface area contributed by atoms with Crippen LogP contribution < -0.4 is 5.43 Å². The van der Waals surface area contributed by atoms with Crippen LogP contribution in [-0.4, -0.2) is 36.8 Å². The predicted octanol–water partition coefficient (Wildman–Crippen LogP) is 4.91. The molecule has 3 aromatic rings. The number of aromatic nitrogens is 1. The predicted molar refractivity (Wildman–Crippen MR) is 109 cm³/mol. The molecular weight excluding hydrogens is 469 g/mol. The number of ether oxygens (including phenoxy) is 2. The molecule has 2 heterocycles. The number of hydrogen-bond acceptors (Lipinski definition) is 7. The quantitative estimate of drug-likeness (QED) is 0.277. The molecule has 34 heavy (non-hydrogen) atoms. The average Bonchev–Trinajstić information content (AvgIpc) is 2.77. The van der Waals surface area contributed by atoms with Crippen LogP contribution in [0.2, 0.25) is 0 Å². The molecule has 0 radical (unpaired) electrons. The van der Waals surface area contributed by atoms with Crippen LogP contribution >= 0.6 is 0 Å². The summed E-state index contributed by atoms with van der Waals surface area (Å²) in [5, 5.41) is -1.03. The summed E-state index contributed by atoms with van der Waals surface area (Å²) < 4.78 is 83.8. The van der Waals surface area contributed by atoms with Crippen LogP contribution in [0, 0.1) is 0 Å². The second-order valence-corrected chi connectivity index (χ2v) is 7.19. The smallest absolute Gasteiger partial charge is 0.458 e. The van der Waals surface area contributed by atoms with E-state index in [0.29, 0.717) is 6.42 Å². The number of halogens is 5. The van der Waals surface area contributed by atoms with Gasteiger partial charge in [-0.05, 0) is 25.5 Å². The maximum absolute atomic E-state index is 14.5. The number of methoxy groups -OCH3 is 1. The van der Waals surface area contributed by atoms with E-state index < -0.39 is 57.4 Å². The largest absolute Gasteiger partial charge is 0.464 e. The van der Waals surface area contributed by atoms with Crippen molar-refractivity contribution < 1.29 is 45.4 Å². The topological polar surface area (TPSA) is 95.7 Å². The molecule has 0 bridgehead atoms. The highest BCUT2D eigenvalue weighted by Crippen LogP contribution is 2.47. The molecule has 0 spiro atoms. The minimum absolute atomic E-state index is 0.0116. The number of carbonyl (C=O) groups is 2. The van der Waals surface area contributed by atoms with Gasteiger partial charge in [0, 0.05) is 22.6 Å². The highest BCUT2D eigenvalue weighted by Gasteiger charge is 2.59. The van der Waals surface area contributed by atoms with E-state index in [4.69, 9.17) is 9.15 Å². The van der Waals surface area contributed by atoms with Crippen LogP contribution in [0.5, 0.6) is 0 Å². The maximum Gasteiger partial charge on any atom is 0.458 e. The second kappa shape index (κ2) is 8.99. The summed E-state index contributed by atoms with van der Waals surface area (Å²) in [6.45, 7) is 3.17. The summed E-state index contributed by atoms with van der Waals surface area (Å²) in [6.07, 6.45) is -5.67. The van der Waals surface area contributed by atoms with E-state index in [1.807, 2.05) is 0 Å². The Hall–Kier alpha value is -3.57. The average molecular weight is 487 g/mol. The standard InChI is InChI=1S/C22H18F5NO6/c1-4-6-10-17-11(7-12-15(29)9-16(34-18(10)12)20(31)33-5-2)13(21(23,24)22(25,26)27)8-14(28-17)19(30)32-3/h7-9H,4-6H2,1-3H3. The molecule has 2 aromatic heterocycles. The summed E-state index contributed by atoms with van der Waals surface area (Å²) in [6, 6.07) is 1.84. The Bertz CT molecular complexity index is 1350. The van der Waals surface area contributed by atoms with E-state index in [9.17, 15) is 36.3 Å². The van der Waals surface area contributed by atoms with Crippen molar-refractivity contribution in [3.05, 3.63) is 51.0 Å². The number of carbonyl (C=O) groups excluding carboxylic acids is 2. The first kappa shape index (κ1) is 25.1. The van der Waals surface area contributed by atoms with E-state index in [2.05, 4.69) is 9.72 Å². The number of benzene rings is 1. The van der Waals surface area contributed by atoms with Gasteiger partial charge in [0.25, 0.3) is 0 Å². The lowest BCUT2D eigenvalue weighted by Gasteiger charge is -2.22. The molecule has 0 aliphatic heterocycles. The fourth-order valence-electron chi connectivity index (χ4n) is 3.45. The minimum atomic E-state index is -6.01. The van der Waals surface area contributed by atoms with Gasteiger partial charge >= 0.3 is 24.0 Å². The van der Waals surface area contributed by atoms with E-state index in [-0.39, 0.29) is 35.6 Å². The van der Waals surface area contributed by atoms with Gasteiger partial charge < -0.3 is 13.9 Å².